The Morgan fingerprint density at radius 1 is 1.00 bits per heavy atom. The quantitative estimate of drug-likeness (QED) is 0.205. The van der Waals surface area contributed by atoms with Gasteiger partial charge in [0.05, 0.1) is 31.5 Å². The second-order valence-corrected chi connectivity index (χ2v) is 15.2. The standard InChI is InChI=1S/C34H56O9/c1-17(18(2)16-42-32-31(41)30(40)29(39)27(15-35)43-32)12-26(37)19(3)23-8-9-24-22-7-6-20-13-21(36)14-28(38)34(20,5)25(22)10-11-33(23,24)4/h6,19,21-32,35-41H,7-16H2,1-5H3/b18-17-/t19-,21+,22-,23+,24+,25-,26+,27+,28-,29+,30-,31+,32+,33+,34-/m0/s1. The van der Waals surface area contributed by atoms with E-state index in [1.165, 1.54) is 5.57 Å². The van der Waals surface area contributed by atoms with E-state index in [-0.39, 0.29) is 23.4 Å². The van der Waals surface area contributed by atoms with E-state index in [2.05, 4.69) is 26.8 Å². The Labute approximate surface area is 256 Å². The molecule has 43 heavy (non-hydrogen) atoms. The maximum absolute atomic E-state index is 11.5. The van der Waals surface area contributed by atoms with Gasteiger partial charge < -0.3 is 45.2 Å². The number of hydrogen-bond donors (Lipinski definition) is 7. The van der Waals surface area contributed by atoms with Gasteiger partial charge in [-0.15, -0.1) is 0 Å². The third kappa shape index (κ3) is 5.80. The zero-order chi connectivity index (χ0) is 31.4. The van der Waals surface area contributed by atoms with Gasteiger partial charge in [-0.3, -0.25) is 0 Å². The first-order valence-electron chi connectivity index (χ1n) is 16.5. The third-order valence-electron chi connectivity index (χ3n) is 13.1. The largest absolute Gasteiger partial charge is 0.394 e. The predicted molar refractivity (Wildman–Crippen MR) is 160 cm³/mol. The van der Waals surface area contributed by atoms with Gasteiger partial charge in [0.25, 0.3) is 0 Å². The second kappa shape index (κ2) is 12.7. The molecule has 0 radical (unpaired) electrons. The number of aliphatic hydroxyl groups excluding tert-OH is 7. The van der Waals surface area contributed by atoms with Gasteiger partial charge in [-0.05, 0) is 99.4 Å². The second-order valence-electron chi connectivity index (χ2n) is 15.2. The predicted octanol–water partition coefficient (Wildman–Crippen LogP) is 2.44. The van der Waals surface area contributed by atoms with Crippen molar-refractivity contribution in [2.24, 2.45) is 40.4 Å². The van der Waals surface area contributed by atoms with Crippen molar-refractivity contribution < 1.29 is 45.2 Å². The summed E-state index contributed by atoms with van der Waals surface area (Å²) in [6.45, 7) is 10.4. The number of ether oxygens (including phenoxy) is 2. The van der Waals surface area contributed by atoms with Gasteiger partial charge in [0.2, 0.25) is 0 Å². The van der Waals surface area contributed by atoms with Crippen LogP contribution >= 0.6 is 0 Å². The molecule has 1 aliphatic heterocycles. The summed E-state index contributed by atoms with van der Waals surface area (Å²) in [4.78, 5) is 0. The summed E-state index contributed by atoms with van der Waals surface area (Å²) in [5, 5.41) is 72.7. The van der Waals surface area contributed by atoms with E-state index in [1.54, 1.807) is 0 Å². The number of hydrogen-bond acceptors (Lipinski definition) is 9. The molecule has 0 aromatic carbocycles. The van der Waals surface area contributed by atoms with Crippen molar-refractivity contribution in [1.82, 2.24) is 0 Å². The van der Waals surface area contributed by atoms with E-state index in [0.717, 1.165) is 43.3 Å². The zero-order valence-electron chi connectivity index (χ0n) is 26.6. The Morgan fingerprint density at radius 3 is 2.42 bits per heavy atom. The molecule has 0 unspecified atom stereocenters. The first kappa shape index (κ1) is 33.5. The van der Waals surface area contributed by atoms with E-state index < -0.39 is 55.6 Å². The Morgan fingerprint density at radius 2 is 1.72 bits per heavy atom. The average molecular weight is 609 g/mol. The van der Waals surface area contributed by atoms with Crippen LogP contribution in [0.3, 0.4) is 0 Å². The first-order chi connectivity index (χ1) is 20.2. The maximum atomic E-state index is 11.5. The van der Waals surface area contributed by atoms with Crippen LogP contribution in [0.15, 0.2) is 22.8 Å². The van der Waals surface area contributed by atoms with Crippen molar-refractivity contribution in [3.05, 3.63) is 22.8 Å². The summed E-state index contributed by atoms with van der Waals surface area (Å²) in [6.07, 6.45) is 1.43. The molecule has 4 aliphatic carbocycles. The molecule has 7 N–H and O–H groups in total. The molecule has 0 bridgehead atoms. The van der Waals surface area contributed by atoms with Crippen molar-refractivity contribution in [3.8, 4) is 0 Å². The highest BCUT2D eigenvalue weighted by atomic mass is 16.7. The summed E-state index contributed by atoms with van der Waals surface area (Å²) in [7, 11) is 0. The molecular weight excluding hydrogens is 552 g/mol. The molecule has 4 fully saturated rings. The van der Waals surface area contributed by atoms with E-state index >= 15 is 0 Å². The van der Waals surface area contributed by atoms with Crippen LogP contribution in [0.2, 0.25) is 0 Å². The van der Waals surface area contributed by atoms with Gasteiger partial charge in [-0.2, -0.15) is 0 Å². The Bertz CT molecular complexity index is 1060. The van der Waals surface area contributed by atoms with Crippen LogP contribution in [-0.4, -0.2) is 98.0 Å². The normalized spacial score (nSPS) is 48.4. The van der Waals surface area contributed by atoms with Crippen molar-refractivity contribution in [2.45, 2.75) is 135 Å². The number of fused-ring (bicyclic) bond motifs is 5. The molecule has 15 atom stereocenters. The highest BCUT2D eigenvalue weighted by Crippen LogP contribution is 2.67. The molecule has 246 valence electrons. The SMILES string of the molecule is C/C(CO[C@@H]1O[C@H](CO)[C@@H](O)[C@H](O)[C@H]1O)=C(\C)C[C@@H](O)[C@@H](C)[C@H]1CC[C@@H]2[C@@H]3CC=C4C[C@@H](O)C[C@H](O)[C@]4(C)[C@H]3CC[C@]12C. The van der Waals surface area contributed by atoms with Gasteiger partial charge in [-0.25, -0.2) is 0 Å². The summed E-state index contributed by atoms with van der Waals surface area (Å²) < 4.78 is 11.2. The van der Waals surface area contributed by atoms with E-state index in [0.29, 0.717) is 42.9 Å². The highest BCUT2D eigenvalue weighted by molar-refractivity contribution is 5.27. The summed E-state index contributed by atoms with van der Waals surface area (Å²) >= 11 is 0. The number of rotatable bonds is 8. The molecule has 0 aromatic heterocycles. The molecular formula is C34H56O9. The number of allylic oxidation sites excluding steroid dienone is 1. The lowest BCUT2D eigenvalue weighted by Gasteiger charge is -2.59. The summed E-state index contributed by atoms with van der Waals surface area (Å²) in [6, 6.07) is 0. The molecule has 3 saturated carbocycles. The van der Waals surface area contributed by atoms with E-state index in [9.17, 15) is 35.7 Å². The molecule has 5 rings (SSSR count). The summed E-state index contributed by atoms with van der Waals surface area (Å²) in [5.41, 5.74) is 3.05. The van der Waals surface area contributed by atoms with Crippen molar-refractivity contribution >= 4 is 0 Å². The van der Waals surface area contributed by atoms with Gasteiger partial charge in [0.1, 0.15) is 24.4 Å². The Balaban J connectivity index is 1.21. The topological polar surface area (TPSA) is 160 Å². The van der Waals surface area contributed by atoms with Crippen LogP contribution in [0.4, 0.5) is 0 Å². The van der Waals surface area contributed by atoms with Crippen LogP contribution in [0.1, 0.15) is 86.0 Å². The maximum Gasteiger partial charge on any atom is 0.187 e. The lowest BCUT2D eigenvalue weighted by molar-refractivity contribution is -0.299. The fourth-order valence-corrected chi connectivity index (χ4v) is 10.1. The minimum absolute atomic E-state index is 0.112. The molecule has 1 heterocycles. The van der Waals surface area contributed by atoms with E-state index in [1.807, 2.05) is 13.8 Å². The molecule has 0 amide bonds. The molecule has 9 nitrogen and oxygen atoms in total. The zero-order valence-corrected chi connectivity index (χ0v) is 26.6. The Hall–Kier alpha value is -0.880. The number of aliphatic hydroxyl groups is 7. The molecule has 0 aromatic rings. The van der Waals surface area contributed by atoms with Gasteiger partial charge in [-0.1, -0.05) is 38.0 Å². The van der Waals surface area contributed by atoms with Crippen LogP contribution in [0, 0.1) is 40.4 Å². The average Bonchev–Trinajstić information content (AvgIpc) is 3.32. The first-order valence-corrected chi connectivity index (χ1v) is 16.5. The van der Waals surface area contributed by atoms with Crippen LogP contribution in [0.25, 0.3) is 0 Å². The summed E-state index contributed by atoms with van der Waals surface area (Å²) in [5.74, 6) is 2.04. The smallest absolute Gasteiger partial charge is 0.187 e. The van der Waals surface area contributed by atoms with Crippen molar-refractivity contribution in [1.29, 1.82) is 0 Å². The molecule has 0 spiro atoms. The van der Waals surface area contributed by atoms with Crippen LogP contribution in [-0.2, 0) is 9.47 Å². The molecule has 5 aliphatic rings. The van der Waals surface area contributed by atoms with Gasteiger partial charge in [0.15, 0.2) is 6.29 Å². The van der Waals surface area contributed by atoms with Gasteiger partial charge >= 0.3 is 0 Å². The molecule has 9 heteroatoms. The van der Waals surface area contributed by atoms with Crippen LogP contribution < -0.4 is 0 Å². The lowest BCUT2D eigenvalue weighted by Crippen LogP contribution is -2.59. The fraction of sp³-hybridized carbons (Fsp3) is 0.882. The monoisotopic (exact) mass is 608 g/mol. The van der Waals surface area contributed by atoms with Crippen molar-refractivity contribution in [2.75, 3.05) is 13.2 Å². The third-order valence-corrected chi connectivity index (χ3v) is 13.1. The Kier molecular flexibility index (Phi) is 9.91. The minimum atomic E-state index is -1.48. The van der Waals surface area contributed by atoms with E-state index in [4.69, 9.17) is 9.47 Å². The van der Waals surface area contributed by atoms with Crippen LogP contribution in [0.5, 0.6) is 0 Å². The van der Waals surface area contributed by atoms with Crippen molar-refractivity contribution in [3.63, 3.8) is 0 Å². The minimum Gasteiger partial charge on any atom is -0.394 e. The molecule has 1 saturated heterocycles. The lowest BCUT2D eigenvalue weighted by atomic mass is 9.46. The fourth-order valence-electron chi connectivity index (χ4n) is 10.1. The highest BCUT2D eigenvalue weighted by Gasteiger charge is 2.61. The van der Waals surface area contributed by atoms with Gasteiger partial charge in [0, 0.05) is 11.8 Å².